The molecule has 1 saturated carbocycles. The zero-order valence-corrected chi connectivity index (χ0v) is 13.6. The van der Waals surface area contributed by atoms with E-state index in [1.54, 1.807) is 0 Å². The molecule has 0 heterocycles. The Balaban J connectivity index is 2.11. The van der Waals surface area contributed by atoms with Gasteiger partial charge < -0.3 is 10.6 Å². The summed E-state index contributed by atoms with van der Waals surface area (Å²) in [5, 5.41) is 4.96. The van der Waals surface area contributed by atoms with Crippen LogP contribution < -0.4 is 10.6 Å². The second kappa shape index (κ2) is 6.63. The number of carbonyl (C=O) groups is 2. The zero-order valence-electron chi connectivity index (χ0n) is 12.8. The normalized spacial score (nSPS) is 14.6. The highest BCUT2D eigenvalue weighted by atomic mass is 32.2. The van der Waals surface area contributed by atoms with Gasteiger partial charge >= 0.3 is 0 Å². The summed E-state index contributed by atoms with van der Waals surface area (Å²) >= 11 is 0. The van der Waals surface area contributed by atoms with E-state index in [2.05, 4.69) is 10.6 Å². The van der Waals surface area contributed by atoms with Crippen LogP contribution in [0.25, 0.3) is 0 Å². The van der Waals surface area contributed by atoms with Crippen LogP contribution in [0.2, 0.25) is 0 Å². The fourth-order valence-corrected chi connectivity index (χ4v) is 2.74. The summed E-state index contributed by atoms with van der Waals surface area (Å²) < 4.78 is 38.8. The Bertz CT molecular complexity index is 730. The van der Waals surface area contributed by atoms with Gasteiger partial charge in [-0.2, -0.15) is 0 Å². The van der Waals surface area contributed by atoms with Crippen LogP contribution in [0.15, 0.2) is 23.1 Å². The summed E-state index contributed by atoms with van der Waals surface area (Å²) in [5.41, 5.74) is -0.424. The van der Waals surface area contributed by atoms with Crippen molar-refractivity contribution in [2.24, 2.45) is 0 Å². The van der Waals surface area contributed by atoms with Crippen LogP contribution in [0.1, 0.15) is 23.2 Å². The van der Waals surface area contributed by atoms with E-state index in [9.17, 15) is 22.4 Å². The molecule has 1 fully saturated rings. The molecule has 0 radical (unpaired) electrons. The highest BCUT2D eigenvalue weighted by molar-refractivity contribution is 7.89. The quantitative estimate of drug-likeness (QED) is 0.765. The molecule has 2 rings (SSSR count). The van der Waals surface area contributed by atoms with Crippen molar-refractivity contribution in [1.29, 1.82) is 0 Å². The van der Waals surface area contributed by atoms with Gasteiger partial charge in [0.15, 0.2) is 0 Å². The first-order valence-electron chi connectivity index (χ1n) is 7.01. The first kappa shape index (κ1) is 17.4. The Kier molecular flexibility index (Phi) is 5.00. The van der Waals surface area contributed by atoms with Gasteiger partial charge in [0.1, 0.15) is 5.82 Å². The van der Waals surface area contributed by atoms with Crippen LogP contribution in [0.3, 0.4) is 0 Å². The van der Waals surface area contributed by atoms with Crippen LogP contribution in [0, 0.1) is 5.82 Å². The number of hydrogen-bond donors (Lipinski definition) is 2. The topological polar surface area (TPSA) is 95.6 Å². The maximum absolute atomic E-state index is 13.8. The summed E-state index contributed by atoms with van der Waals surface area (Å²) in [6.07, 6.45) is 1.83. The lowest BCUT2D eigenvalue weighted by Crippen LogP contribution is -2.38. The Labute approximate surface area is 133 Å². The van der Waals surface area contributed by atoms with E-state index in [0.29, 0.717) is 0 Å². The lowest BCUT2D eigenvalue weighted by atomic mass is 10.2. The summed E-state index contributed by atoms with van der Waals surface area (Å²) in [7, 11) is -1.11. The van der Waals surface area contributed by atoms with Crippen molar-refractivity contribution in [3.63, 3.8) is 0 Å². The van der Waals surface area contributed by atoms with Gasteiger partial charge in [-0.25, -0.2) is 17.1 Å². The molecule has 1 aromatic carbocycles. The van der Waals surface area contributed by atoms with Gasteiger partial charge in [-0.1, -0.05) is 0 Å². The van der Waals surface area contributed by atoms with E-state index < -0.39 is 27.3 Å². The number of halogens is 1. The Hall–Kier alpha value is -2.00. The molecule has 0 saturated heterocycles. The van der Waals surface area contributed by atoms with Crippen molar-refractivity contribution in [3.05, 3.63) is 29.6 Å². The molecule has 126 valence electrons. The van der Waals surface area contributed by atoms with E-state index >= 15 is 0 Å². The van der Waals surface area contributed by atoms with Crippen LogP contribution >= 0.6 is 0 Å². The number of sulfonamides is 1. The number of carbonyl (C=O) groups excluding carboxylic acids is 2. The molecule has 2 amide bonds. The van der Waals surface area contributed by atoms with Crippen molar-refractivity contribution >= 4 is 21.8 Å². The molecule has 9 heteroatoms. The van der Waals surface area contributed by atoms with Crippen LogP contribution in [0.4, 0.5) is 4.39 Å². The maximum atomic E-state index is 13.8. The molecule has 0 unspecified atom stereocenters. The average Bonchev–Trinajstić information content (AvgIpc) is 3.28. The predicted molar refractivity (Wildman–Crippen MR) is 80.8 cm³/mol. The van der Waals surface area contributed by atoms with Crippen LogP contribution in [-0.2, 0) is 14.8 Å². The van der Waals surface area contributed by atoms with E-state index in [1.807, 2.05) is 0 Å². The standard InChI is InChI=1S/C14H18FN3O4S/c1-18(2)23(21,22)10-5-6-12(15)11(7-10)14(20)16-8-13(19)17-9-3-4-9/h5-7,9H,3-4,8H2,1-2H3,(H,16,20)(H,17,19). The third-order valence-electron chi connectivity index (χ3n) is 3.31. The van der Waals surface area contributed by atoms with Crippen LogP contribution in [0.5, 0.6) is 0 Å². The molecular weight excluding hydrogens is 325 g/mol. The van der Waals surface area contributed by atoms with E-state index in [1.165, 1.54) is 14.1 Å². The van der Waals surface area contributed by atoms with Gasteiger partial charge in [0.25, 0.3) is 5.91 Å². The Morgan fingerprint density at radius 2 is 1.96 bits per heavy atom. The van der Waals surface area contributed by atoms with E-state index in [0.717, 1.165) is 35.3 Å². The summed E-state index contributed by atoms with van der Waals surface area (Å²) in [6.45, 7) is -0.292. The van der Waals surface area contributed by atoms with Gasteiger partial charge in [-0.05, 0) is 31.0 Å². The number of hydrogen-bond acceptors (Lipinski definition) is 4. The third-order valence-corrected chi connectivity index (χ3v) is 5.12. The lowest BCUT2D eigenvalue weighted by molar-refractivity contribution is -0.120. The predicted octanol–water partition coefficient (Wildman–Crippen LogP) is 0.0844. The van der Waals surface area contributed by atoms with Crippen molar-refractivity contribution in [2.45, 2.75) is 23.8 Å². The van der Waals surface area contributed by atoms with E-state index in [-0.39, 0.29) is 23.4 Å². The van der Waals surface area contributed by atoms with Crippen molar-refractivity contribution in [1.82, 2.24) is 14.9 Å². The maximum Gasteiger partial charge on any atom is 0.254 e. The SMILES string of the molecule is CN(C)S(=O)(=O)c1ccc(F)c(C(=O)NCC(=O)NC2CC2)c1. The second-order valence-electron chi connectivity index (χ2n) is 5.45. The fraction of sp³-hybridized carbons (Fsp3) is 0.429. The molecule has 1 aliphatic rings. The Morgan fingerprint density at radius 1 is 1.30 bits per heavy atom. The van der Waals surface area contributed by atoms with Gasteiger partial charge in [-0.15, -0.1) is 0 Å². The zero-order chi connectivity index (χ0) is 17.2. The van der Waals surface area contributed by atoms with Gasteiger partial charge in [0.05, 0.1) is 17.0 Å². The minimum absolute atomic E-state index is 0.157. The highest BCUT2D eigenvalue weighted by Gasteiger charge is 2.24. The number of nitrogens with one attached hydrogen (secondary N) is 2. The number of rotatable bonds is 6. The largest absolute Gasteiger partial charge is 0.352 e. The minimum atomic E-state index is -3.78. The molecule has 0 bridgehead atoms. The van der Waals surface area contributed by atoms with E-state index in [4.69, 9.17) is 0 Å². The molecule has 23 heavy (non-hydrogen) atoms. The highest BCUT2D eigenvalue weighted by Crippen LogP contribution is 2.19. The molecule has 0 aromatic heterocycles. The second-order valence-corrected chi connectivity index (χ2v) is 7.61. The molecule has 0 spiro atoms. The van der Waals surface area contributed by atoms with Gasteiger partial charge in [0.2, 0.25) is 15.9 Å². The van der Waals surface area contributed by atoms with Gasteiger partial charge in [0, 0.05) is 20.1 Å². The van der Waals surface area contributed by atoms with Crippen molar-refractivity contribution in [2.75, 3.05) is 20.6 Å². The Morgan fingerprint density at radius 3 is 2.52 bits per heavy atom. The first-order chi connectivity index (χ1) is 10.7. The molecule has 0 atom stereocenters. The first-order valence-corrected chi connectivity index (χ1v) is 8.45. The molecule has 0 aliphatic heterocycles. The lowest BCUT2D eigenvalue weighted by Gasteiger charge is -2.13. The number of benzene rings is 1. The van der Waals surface area contributed by atoms with Crippen molar-refractivity contribution in [3.8, 4) is 0 Å². The van der Waals surface area contributed by atoms with Crippen LogP contribution in [-0.4, -0.2) is 51.2 Å². The molecule has 1 aromatic rings. The third kappa shape index (κ3) is 4.26. The van der Waals surface area contributed by atoms with Gasteiger partial charge in [-0.3, -0.25) is 9.59 Å². The summed E-state index contributed by atoms with van der Waals surface area (Å²) in [6, 6.07) is 3.11. The fourth-order valence-electron chi connectivity index (χ4n) is 1.81. The monoisotopic (exact) mass is 343 g/mol. The summed E-state index contributed by atoms with van der Waals surface area (Å²) in [5.74, 6) is -2.06. The number of nitrogens with zero attached hydrogens (tertiary/aromatic N) is 1. The number of amides is 2. The minimum Gasteiger partial charge on any atom is -0.352 e. The average molecular weight is 343 g/mol. The molecule has 7 nitrogen and oxygen atoms in total. The molecule has 2 N–H and O–H groups in total. The smallest absolute Gasteiger partial charge is 0.254 e. The molecular formula is C14H18FN3O4S. The summed E-state index contributed by atoms with van der Waals surface area (Å²) in [4.78, 5) is 23.3. The van der Waals surface area contributed by atoms with Crippen molar-refractivity contribution < 1.29 is 22.4 Å². The molecule has 1 aliphatic carbocycles.